The van der Waals surface area contributed by atoms with Crippen molar-refractivity contribution in [2.24, 2.45) is 0 Å². The fraction of sp³-hybridized carbons (Fsp3) is 0.143. The highest BCUT2D eigenvalue weighted by atomic mass is 19.2. The number of rotatable bonds is 3. The first-order valence-corrected chi connectivity index (χ1v) is 5.59. The first-order chi connectivity index (χ1) is 9.00. The summed E-state index contributed by atoms with van der Waals surface area (Å²) < 4.78 is 45.2. The molecule has 1 unspecified atom stereocenters. The molecule has 1 N–H and O–H groups in total. The maximum atomic E-state index is 13.6. The molecule has 19 heavy (non-hydrogen) atoms. The Bertz CT molecular complexity index is 597. The molecule has 0 aliphatic carbocycles. The van der Waals surface area contributed by atoms with Crippen LogP contribution < -0.4 is 4.74 Å². The Morgan fingerprint density at radius 3 is 2.16 bits per heavy atom. The number of hydrogen-bond acceptors (Lipinski definition) is 2. The Morgan fingerprint density at radius 2 is 1.53 bits per heavy atom. The molecule has 100 valence electrons. The summed E-state index contributed by atoms with van der Waals surface area (Å²) in [5.74, 6) is -3.33. The Kier molecular flexibility index (Phi) is 3.76. The van der Waals surface area contributed by atoms with Gasteiger partial charge in [0.2, 0.25) is 5.82 Å². The van der Waals surface area contributed by atoms with Gasteiger partial charge in [0.05, 0.1) is 11.7 Å². The summed E-state index contributed by atoms with van der Waals surface area (Å²) in [4.78, 5) is 0. The molecule has 2 nitrogen and oxygen atoms in total. The topological polar surface area (TPSA) is 29.5 Å². The number of aliphatic hydroxyl groups excluding tert-OH is 1. The molecule has 0 spiro atoms. The highest BCUT2D eigenvalue weighted by molar-refractivity contribution is 5.40. The summed E-state index contributed by atoms with van der Waals surface area (Å²) >= 11 is 0. The Morgan fingerprint density at radius 1 is 0.947 bits per heavy atom. The average Bonchev–Trinajstić information content (AvgIpc) is 2.34. The normalized spacial score (nSPS) is 12.3. The zero-order valence-corrected chi connectivity index (χ0v) is 10.0. The van der Waals surface area contributed by atoms with Crippen molar-refractivity contribution in [1.29, 1.82) is 0 Å². The van der Waals surface area contributed by atoms with Gasteiger partial charge in [-0.2, -0.15) is 4.39 Å². The van der Waals surface area contributed by atoms with Crippen molar-refractivity contribution < 1.29 is 23.0 Å². The predicted octanol–water partition coefficient (Wildman–Crippen LogP) is 3.95. The molecule has 0 aliphatic heterocycles. The molecule has 0 amide bonds. The van der Waals surface area contributed by atoms with Crippen LogP contribution in [0.4, 0.5) is 13.2 Å². The van der Waals surface area contributed by atoms with Gasteiger partial charge in [-0.05, 0) is 31.2 Å². The average molecular weight is 268 g/mol. The van der Waals surface area contributed by atoms with Crippen LogP contribution in [0, 0.1) is 17.5 Å². The molecule has 2 aromatic rings. The van der Waals surface area contributed by atoms with Crippen LogP contribution in [0.2, 0.25) is 0 Å². The lowest BCUT2D eigenvalue weighted by molar-refractivity contribution is 0.190. The molecule has 2 rings (SSSR count). The van der Waals surface area contributed by atoms with E-state index in [9.17, 15) is 18.3 Å². The molecule has 0 aromatic heterocycles. The lowest BCUT2D eigenvalue weighted by atomic mass is 10.1. The van der Waals surface area contributed by atoms with E-state index in [2.05, 4.69) is 0 Å². The summed E-state index contributed by atoms with van der Waals surface area (Å²) in [7, 11) is 0. The van der Waals surface area contributed by atoms with Gasteiger partial charge in [0, 0.05) is 0 Å². The number of ether oxygens (including phenoxy) is 1. The molecule has 0 saturated carbocycles. The maximum absolute atomic E-state index is 13.6. The number of hydrogen-bond donors (Lipinski definition) is 1. The SMILES string of the molecule is CC(O)c1c(F)cccc1Oc1cccc(F)c1F. The minimum Gasteiger partial charge on any atom is -0.454 e. The zero-order chi connectivity index (χ0) is 14.0. The summed E-state index contributed by atoms with van der Waals surface area (Å²) in [6, 6.07) is 7.31. The fourth-order valence-corrected chi connectivity index (χ4v) is 1.69. The van der Waals surface area contributed by atoms with E-state index < -0.39 is 23.6 Å². The Hall–Kier alpha value is -2.01. The molecule has 0 radical (unpaired) electrons. The van der Waals surface area contributed by atoms with Crippen LogP contribution >= 0.6 is 0 Å². The summed E-state index contributed by atoms with van der Waals surface area (Å²) in [5.41, 5.74) is -0.105. The smallest absolute Gasteiger partial charge is 0.201 e. The van der Waals surface area contributed by atoms with Gasteiger partial charge in [0.15, 0.2) is 11.6 Å². The fourth-order valence-electron chi connectivity index (χ4n) is 1.69. The molecule has 0 saturated heterocycles. The molecular formula is C14H11F3O2. The molecule has 0 fully saturated rings. The van der Waals surface area contributed by atoms with Crippen molar-refractivity contribution in [2.75, 3.05) is 0 Å². The van der Waals surface area contributed by atoms with Crippen LogP contribution in [0.5, 0.6) is 11.5 Å². The minimum absolute atomic E-state index is 0.0560. The maximum Gasteiger partial charge on any atom is 0.201 e. The van der Waals surface area contributed by atoms with Gasteiger partial charge in [-0.1, -0.05) is 12.1 Å². The second kappa shape index (κ2) is 5.32. The highest BCUT2D eigenvalue weighted by Gasteiger charge is 2.17. The van der Waals surface area contributed by atoms with E-state index in [1.807, 2.05) is 0 Å². The van der Waals surface area contributed by atoms with Crippen LogP contribution in [0.1, 0.15) is 18.6 Å². The number of benzene rings is 2. The van der Waals surface area contributed by atoms with Crippen LogP contribution in [-0.4, -0.2) is 5.11 Å². The van der Waals surface area contributed by atoms with Crippen molar-refractivity contribution in [3.05, 3.63) is 59.4 Å². The third-order valence-electron chi connectivity index (χ3n) is 2.57. The molecule has 0 aliphatic rings. The van der Waals surface area contributed by atoms with Crippen LogP contribution in [0.3, 0.4) is 0 Å². The Labute approximate surface area is 108 Å². The van der Waals surface area contributed by atoms with Gasteiger partial charge >= 0.3 is 0 Å². The van der Waals surface area contributed by atoms with Gasteiger partial charge in [0.1, 0.15) is 11.6 Å². The zero-order valence-electron chi connectivity index (χ0n) is 10.0. The van der Waals surface area contributed by atoms with Crippen LogP contribution in [0.25, 0.3) is 0 Å². The van der Waals surface area contributed by atoms with E-state index in [0.29, 0.717) is 0 Å². The van der Waals surface area contributed by atoms with Crippen molar-refractivity contribution in [1.82, 2.24) is 0 Å². The van der Waals surface area contributed by atoms with Crippen molar-refractivity contribution in [3.63, 3.8) is 0 Å². The summed E-state index contributed by atoms with van der Waals surface area (Å²) in [6.07, 6.45) is -1.13. The first kappa shape index (κ1) is 13.4. The van der Waals surface area contributed by atoms with Gasteiger partial charge in [-0.25, -0.2) is 8.78 Å². The van der Waals surface area contributed by atoms with Gasteiger partial charge < -0.3 is 9.84 Å². The lowest BCUT2D eigenvalue weighted by Crippen LogP contribution is -2.01. The largest absolute Gasteiger partial charge is 0.454 e. The van der Waals surface area contributed by atoms with E-state index in [1.54, 1.807) is 0 Å². The van der Waals surface area contributed by atoms with Crippen molar-refractivity contribution >= 4 is 0 Å². The number of halogens is 3. The molecule has 2 aromatic carbocycles. The standard InChI is InChI=1S/C14H11F3O2/c1-8(18)13-9(15)4-2-6-11(13)19-12-7-3-5-10(16)14(12)17/h2-8,18H,1H3. The number of aliphatic hydroxyl groups is 1. The lowest BCUT2D eigenvalue weighted by Gasteiger charge is -2.14. The molecule has 1 atom stereocenters. The van der Waals surface area contributed by atoms with Crippen molar-refractivity contribution in [3.8, 4) is 11.5 Å². The van der Waals surface area contributed by atoms with E-state index in [-0.39, 0.29) is 17.1 Å². The van der Waals surface area contributed by atoms with E-state index >= 15 is 0 Å². The van der Waals surface area contributed by atoms with Gasteiger partial charge in [-0.3, -0.25) is 0 Å². The second-order valence-electron chi connectivity index (χ2n) is 3.98. The molecule has 5 heteroatoms. The Balaban J connectivity index is 2.44. The highest BCUT2D eigenvalue weighted by Crippen LogP contribution is 2.33. The van der Waals surface area contributed by atoms with E-state index in [1.165, 1.54) is 31.2 Å². The third kappa shape index (κ3) is 2.71. The first-order valence-electron chi connectivity index (χ1n) is 5.59. The molecule has 0 heterocycles. The van der Waals surface area contributed by atoms with Gasteiger partial charge in [-0.15, -0.1) is 0 Å². The van der Waals surface area contributed by atoms with E-state index in [0.717, 1.165) is 12.1 Å². The third-order valence-corrected chi connectivity index (χ3v) is 2.57. The monoisotopic (exact) mass is 268 g/mol. The van der Waals surface area contributed by atoms with Crippen LogP contribution in [-0.2, 0) is 0 Å². The van der Waals surface area contributed by atoms with Gasteiger partial charge in [0.25, 0.3) is 0 Å². The quantitative estimate of drug-likeness (QED) is 0.913. The minimum atomic E-state index is -1.16. The van der Waals surface area contributed by atoms with Crippen molar-refractivity contribution in [2.45, 2.75) is 13.0 Å². The summed E-state index contributed by atoms with van der Waals surface area (Å²) in [6.45, 7) is 1.35. The molecular weight excluding hydrogens is 257 g/mol. The molecule has 0 bridgehead atoms. The second-order valence-corrected chi connectivity index (χ2v) is 3.98. The van der Waals surface area contributed by atoms with E-state index in [4.69, 9.17) is 4.74 Å². The van der Waals surface area contributed by atoms with Crippen LogP contribution in [0.15, 0.2) is 36.4 Å². The predicted molar refractivity (Wildman–Crippen MR) is 63.5 cm³/mol. The summed E-state index contributed by atoms with van der Waals surface area (Å²) in [5, 5.41) is 9.50.